The number of rotatable bonds is 3. The fourth-order valence-corrected chi connectivity index (χ4v) is 0.801. The van der Waals surface area contributed by atoms with Crippen LogP contribution in [0, 0.1) is 0 Å². The minimum absolute atomic E-state index is 0.151. The smallest absolute Gasteiger partial charge is 0.143 e. The van der Waals surface area contributed by atoms with Crippen LogP contribution in [0.5, 0.6) is 0 Å². The van der Waals surface area contributed by atoms with Crippen molar-refractivity contribution in [1.29, 1.82) is 0 Å². The fourth-order valence-electron chi connectivity index (χ4n) is 0.214. The molecule has 0 fully saturated rings. The Hall–Kier alpha value is 1.38. The molecule has 0 aliphatic rings. The van der Waals surface area contributed by atoms with Gasteiger partial charge in [-0.05, 0) is 45.2 Å². The van der Waals surface area contributed by atoms with Crippen molar-refractivity contribution in [2.24, 2.45) is 0 Å². The Kier molecular flexibility index (Phi) is 6.08. The minimum Gasteiger partial charge on any atom is -0.368 e. The van der Waals surface area contributed by atoms with Crippen molar-refractivity contribution in [2.75, 3.05) is 14.2 Å². The molecular weight excluding hydrogens is 334 g/mol. The first-order chi connectivity index (χ1) is 3.72. The second kappa shape index (κ2) is 5.19. The molecule has 0 bridgehead atoms. The first kappa shape index (κ1) is 9.38. The molecule has 0 saturated carbocycles. The monoisotopic (exact) mass is 342 g/mol. The van der Waals surface area contributed by atoms with Gasteiger partial charge in [0, 0.05) is 14.2 Å². The van der Waals surface area contributed by atoms with Gasteiger partial charge in [0.1, 0.15) is 8.22 Å². The molecular formula is C4H8I2O2. The average molecular weight is 342 g/mol. The first-order valence-electron chi connectivity index (χ1n) is 2.06. The molecule has 0 aromatic rings. The summed E-state index contributed by atoms with van der Waals surface area (Å²) in [6, 6.07) is 0. The quantitative estimate of drug-likeness (QED) is 0.575. The van der Waals surface area contributed by atoms with Crippen molar-refractivity contribution in [2.45, 2.75) is 8.22 Å². The lowest BCUT2D eigenvalue weighted by Crippen LogP contribution is -2.16. The fraction of sp³-hybridized carbons (Fsp3) is 1.00. The maximum atomic E-state index is 4.96. The van der Waals surface area contributed by atoms with Gasteiger partial charge in [-0.3, -0.25) is 0 Å². The average Bonchev–Trinajstić information content (AvgIpc) is 1.84. The van der Waals surface area contributed by atoms with E-state index in [1.54, 1.807) is 14.2 Å². The summed E-state index contributed by atoms with van der Waals surface area (Å²) in [5.74, 6) is 0. The SMILES string of the molecule is COC(I)C(I)OC. The molecule has 2 unspecified atom stereocenters. The van der Waals surface area contributed by atoms with Crippen LogP contribution < -0.4 is 0 Å². The lowest BCUT2D eigenvalue weighted by Gasteiger charge is -2.12. The zero-order valence-corrected chi connectivity index (χ0v) is 9.04. The van der Waals surface area contributed by atoms with Crippen LogP contribution in [-0.4, -0.2) is 22.4 Å². The third-order valence-electron chi connectivity index (χ3n) is 0.656. The van der Waals surface area contributed by atoms with Crippen molar-refractivity contribution in [3.63, 3.8) is 0 Å². The molecule has 0 aliphatic carbocycles. The lowest BCUT2D eigenvalue weighted by atomic mass is 10.8. The Morgan fingerprint density at radius 2 is 1.25 bits per heavy atom. The molecule has 0 rings (SSSR count). The van der Waals surface area contributed by atoms with Gasteiger partial charge < -0.3 is 9.47 Å². The van der Waals surface area contributed by atoms with E-state index in [0.29, 0.717) is 0 Å². The van der Waals surface area contributed by atoms with Crippen LogP contribution in [0.1, 0.15) is 0 Å². The number of hydrogen-bond acceptors (Lipinski definition) is 2. The third kappa shape index (κ3) is 3.41. The summed E-state index contributed by atoms with van der Waals surface area (Å²) in [4.78, 5) is 0. The molecule has 50 valence electrons. The maximum Gasteiger partial charge on any atom is 0.143 e. The highest BCUT2D eigenvalue weighted by Crippen LogP contribution is 2.15. The summed E-state index contributed by atoms with van der Waals surface area (Å²) in [5, 5.41) is 0. The Morgan fingerprint density at radius 1 is 1.00 bits per heavy atom. The Labute approximate surface area is 76.6 Å². The Morgan fingerprint density at radius 3 is 1.38 bits per heavy atom. The van der Waals surface area contributed by atoms with Gasteiger partial charge in [-0.1, -0.05) is 0 Å². The molecule has 2 nitrogen and oxygen atoms in total. The summed E-state index contributed by atoms with van der Waals surface area (Å²) in [7, 11) is 3.34. The molecule has 0 N–H and O–H groups in total. The van der Waals surface area contributed by atoms with Gasteiger partial charge in [-0.2, -0.15) is 0 Å². The van der Waals surface area contributed by atoms with E-state index in [2.05, 4.69) is 45.2 Å². The van der Waals surface area contributed by atoms with E-state index in [4.69, 9.17) is 9.47 Å². The molecule has 0 aromatic heterocycles. The van der Waals surface area contributed by atoms with Gasteiger partial charge in [-0.25, -0.2) is 0 Å². The largest absolute Gasteiger partial charge is 0.368 e. The predicted molar refractivity (Wildman–Crippen MR) is 49.6 cm³/mol. The van der Waals surface area contributed by atoms with Crippen LogP contribution in [-0.2, 0) is 9.47 Å². The number of hydrogen-bond donors (Lipinski definition) is 0. The first-order valence-corrected chi connectivity index (χ1v) is 4.55. The normalized spacial score (nSPS) is 18.0. The molecule has 0 aromatic carbocycles. The van der Waals surface area contributed by atoms with Crippen molar-refractivity contribution in [3.8, 4) is 0 Å². The number of alkyl halides is 2. The highest BCUT2D eigenvalue weighted by molar-refractivity contribution is 14.1. The third-order valence-corrected chi connectivity index (χ3v) is 4.36. The van der Waals surface area contributed by atoms with Crippen LogP contribution in [0.3, 0.4) is 0 Å². The van der Waals surface area contributed by atoms with Gasteiger partial charge in [0.25, 0.3) is 0 Å². The molecule has 8 heavy (non-hydrogen) atoms. The van der Waals surface area contributed by atoms with Crippen molar-refractivity contribution in [3.05, 3.63) is 0 Å². The van der Waals surface area contributed by atoms with E-state index in [1.807, 2.05) is 0 Å². The van der Waals surface area contributed by atoms with Crippen LogP contribution in [0.15, 0.2) is 0 Å². The lowest BCUT2D eigenvalue weighted by molar-refractivity contribution is 0.0791. The summed E-state index contributed by atoms with van der Waals surface area (Å²) in [6.45, 7) is 0. The van der Waals surface area contributed by atoms with Gasteiger partial charge in [0.15, 0.2) is 0 Å². The molecule has 0 saturated heterocycles. The molecule has 2 atom stereocenters. The summed E-state index contributed by atoms with van der Waals surface area (Å²) < 4.78 is 10.2. The van der Waals surface area contributed by atoms with Crippen molar-refractivity contribution in [1.82, 2.24) is 0 Å². The number of ether oxygens (including phenoxy) is 2. The van der Waals surface area contributed by atoms with Gasteiger partial charge in [0.05, 0.1) is 0 Å². The Bertz CT molecular complexity index is 52.0. The highest BCUT2D eigenvalue weighted by Gasteiger charge is 2.11. The zero-order valence-electron chi connectivity index (χ0n) is 4.73. The molecule has 0 aliphatic heterocycles. The van der Waals surface area contributed by atoms with Crippen LogP contribution >= 0.6 is 45.2 Å². The van der Waals surface area contributed by atoms with E-state index in [1.165, 1.54) is 0 Å². The van der Waals surface area contributed by atoms with Gasteiger partial charge in [0.2, 0.25) is 0 Å². The van der Waals surface area contributed by atoms with E-state index in [-0.39, 0.29) is 8.22 Å². The second-order valence-corrected chi connectivity index (χ2v) is 3.63. The molecule has 4 heteroatoms. The van der Waals surface area contributed by atoms with Crippen LogP contribution in [0.4, 0.5) is 0 Å². The standard InChI is InChI=1S/C4H8I2O2/c1-7-3(5)4(6)8-2/h3-4H,1-2H3. The minimum atomic E-state index is 0.151. The van der Waals surface area contributed by atoms with E-state index in [0.717, 1.165) is 0 Å². The van der Waals surface area contributed by atoms with E-state index in [9.17, 15) is 0 Å². The maximum absolute atomic E-state index is 4.96. The molecule has 0 amide bonds. The Balaban J connectivity index is 3.29. The number of halogens is 2. The topological polar surface area (TPSA) is 18.5 Å². The zero-order chi connectivity index (χ0) is 6.57. The van der Waals surface area contributed by atoms with Crippen LogP contribution in [0.25, 0.3) is 0 Å². The molecule has 0 heterocycles. The van der Waals surface area contributed by atoms with Crippen molar-refractivity contribution < 1.29 is 9.47 Å². The molecule has 0 radical (unpaired) electrons. The molecule has 0 spiro atoms. The highest BCUT2D eigenvalue weighted by atomic mass is 127. The predicted octanol–water partition coefficient (Wildman–Crippen LogP) is 1.80. The van der Waals surface area contributed by atoms with E-state index >= 15 is 0 Å². The second-order valence-electron chi connectivity index (χ2n) is 1.17. The van der Waals surface area contributed by atoms with Crippen molar-refractivity contribution >= 4 is 45.2 Å². The summed E-state index contributed by atoms with van der Waals surface area (Å²) >= 11 is 4.35. The number of methoxy groups -OCH3 is 2. The summed E-state index contributed by atoms with van der Waals surface area (Å²) in [6.07, 6.45) is 0. The van der Waals surface area contributed by atoms with Crippen LogP contribution in [0.2, 0.25) is 0 Å². The van der Waals surface area contributed by atoms with Gasteiger partial charge in [-0.15, -0.1) is 0 Å². The summed E-state index contributed by atoms with van der Waals surface area (Å²) in [5.41, 5.74) is 0. The van der Waals surface area contributed by atoms with E-state index < -0.39 is 0 Å². The van der Waals surface area contributed by atoms with Gasteiger partial charge >= 0.3 is 0 Å².